The second-order valence-electron chi connectivity index (χ2n) is 5.57. The van der Waals surface area contributed by atoms with Crippen molar-refractivity contribution < 1.29 is 4.92 Å². The molecule has 0 fully saturated rings. The number of aryl methyl sites for hydroxylation is 1. The smallest absolute Gasteiger partial charge is 0.292 e. The zero-order valence-electron chi connectivity index (χ0n) is 13.8. The molecular weight excluding hydrogens is 360 g/mol. The first kappa shape index (κ1) is 17.6. The van der Waals surface area contributed by atoms with Gasteiger partial charge in [0.1, 0.15) is 5.02 Å². The lowest BCUT2D eigenvalue weighted by atomic mass is 10.3. The van der Waals surface area contributed by atoms with Gasteiger partial charge in [-0.2, -0.15) is 14.9 Å². The fourth-order valence-electron chi connectivity index (χ4n) is 2.35. The van der Waals surface area contributed by atoms with Crippen molar-refractivity contribution in [3.8, 4) is 5.69 Å². The molecule has 9 nitrogen and oxygen atoms in total. The van der Waals surface area contributed by atoms with Crippen LogP contribution in [0.1, 0.15) is 5.56 Å². The average Bonchev–Trinajstić information content (AvgIpc) is 3.04. The minimum absolute atomic E-state index is 0.00463. The van der Waals surface area contributed by atoms with Crippen LogP contribution in [0.3, 0.4) is 0 Å². The summed E-state index contributed by atoms with van der Waals surface area (Å²) in [5, 5.41) is 22.0. The number of anilines is 1. The van der Waals surface area contributed by atoms with Crippen molar-refractivity contribution in [2.45, 2.75) is 13.5 Å². The summed E-state index contributed by atoms with van der Waals surface area (Å²) in [6.45, 7) is 3.08. The van der Waals surface area contributed by atoms with Crippen LogP contribution >= 0.6 is 11.6 Å². The number of benzene rings is 1. The molecule has 0 saturated carbocycles. The third kappa shape index (κ3) is 3.72. The molecule has 0 radical (unpaired) electrons. The van der Waals surface area contributed by atoms with Gasteiger partial charge in [-0.1, -0.05) is 11.6 Å². The SMILES string of the molecule is Cc1cnn(CCNc2cnn(-c3ccc([N+](=O)[O-])cc3)c(=O)c2Cl)c1. The summed E-state index contributed by atoms with van der Waals surface area (Å²) in [6, 6.07) is 5.48. The van der Waals surface area contributed by atoms with Gasteiger partial charge in [0.05, 0.1) is 35.2 Å². The molecule has 2 aromatic heterocycles. The molecule has 2 heterocycles. The van der Waals surface area contributed by atoms with E-state index in [-0.39, 0.29) is 10.7 Å². The largest absolute Gasteiger partial charge is 0.381 e. The van der Waals surface area contributed by atoms with E-state index >= 15 is 0 Å². The van der Waals surface area contributed by atoms with E-state index in [4.69, 9.17) is 11.6 Å². The Balaban J connectivity index is 1.75. The average molecular weight is 375 g/mol. The van der Waals surface area contributed by atoms with Crippen molar-refractivity contribution in [2.75, 3.05) is 11.9 Å². The number of nitrogens with one attached hydrogen (secondary N) is 1. The minimum atomic E-state index is -0.513. The van der Waals surface area contributed by atoms with E-state index in [0.29, 0.717) is 24.5 Å². The fourth-order valence-corrected chi connectivity index (χ4v) is 2.55. The van der Waals surface area contributed by atoms with Crippen molar-refractivity contribution in [3.05, 3.63) is 73.9 Å². The monoisotopic (exact) mass is 374 g/mol. The van der Waals surface area contributed by atoms with E-state index in [2.05, 4.69) is 15.5 Å². The van der Waals surface area contributed by atoms with Crippen LogP contribution in [0.4, 0.5) is 11.4 Å². The molecule has 0 bridgehead atoms. The first-order valence-corrected chi connectivity index (χ1v) is 8.09. The normalized spacial score (nSPS) is 10.7. The molecule has 134 valence electrons. The number of aromatic nitrogens is 4. The zero-order chi connectivity index (χ0) is 18.7. The van der Waals surface area contributed by atoms with Gasteiger partial charge in [-0.15, -0.1) is 0 Å². The minimum Gasteiger partial charge on any atom is -0.381 e. The van der Waals surface area contributed by atoms with Crippen LogP contribution in [-0.2, 0) is 6.54 Å². The number of nitro groups is 1. The number of halogens is 1. The van der Waals surface area contributed by atoms with Gasteiger partial charge in [-0.05, 0) is 24.6 Å². The van der Waals surface area contributed by atoms with Crippen LogP contribution < -0.4 is 10.9 Å². The predicted octanol–water partition coefficient (Wildman–Crippen LogP) is 2.41. The molecule has 0 atom stereocenters. The molecule has 26 heavy (non-hydrogen) atoms. The molecular formula is C16H15ClN6O3. The highest BCUT2D eigenvalue weighted by atomic mass is 35.5. The Labute approximate surface area is 153 Å². The molecule has 1 aromatic carbocycles. The standard InChI is InChI=1S/C16H15ClN6O3/c1-11-8-19-21(10-11)7-6-18-14-9-20-22(16(24)15(14)17)12-2-4-13(5-3-12)23(25)26/h2-5,8-10,18H,6-7H2,1H3. The maximum Gasteiger partial charge on any atom is 0.292 e. The lowest BCUT2D eigenvalue weighted by Crippen LogP contribution is -2.23. The molecule has 3 aromatic rings. The van der Waals surface area contributed by atoms with Gasteiger partial charge in [0.2, 0.25) is 0 Å². The van der Waals surface area contributed by atoms with Crippen LogP contribution in [0.15, 0.2) is 47.7 Å². The Kier molecular flexibility index (Phi) is 4.99. The summed E-state index contributed by atoms with van der Waals surface area (Å²) in [6.07, 6.45) is 5.12. The van der Waals surface area contributed by atoms with Crippen molar-refractivity contribution in [1.29, 1.82) is 0 Å². The molecule has 10 heteroatoms. The number of rotatable bonds is 6. The lowest BCUT2D eigenvalue weighted by molar-refractivity contribution is -0.384. The van der Waals surface area contributed by atoms with E-state index in [0.717, 1.165) is 10.2 Å². The van der Waals surface area contributed by atoms with E-state index in [9.17, 15) is 14.9 Å². The van der Waals surface area contributed by atoms with Gasteiger partial charge in [0, 0.05) is 24.9 Å². The number of nitrogens with zero attached hydrogens (tertiary/aromatic N) is 5. The molecule has 0 spiro atoms. The zero-order valence-corrected chi connectivity index (χ0v) is 14.6. The first-order valence-electron chi connectivity index (χ1n) is 7.71. The van der Waals surface area contributed by atoms with Crippen LogP contribution in [0.2, 0.25) is 5.02 Å². The van der Waals surface area contributed by atoms with Crippen molar-refractivity contribution in [2.24, 2.45) is 0 Å². The third-order valence-corrected chi connectivity index (χ3v) is 4.01. The van der Waals surface area contributed by atoms with Crippen LogP contribution in [0.25, 0.3) is 5.69 Å². The highest BCUT2D eigenvalue weighted by molar-refractivity contribution is 6.32. The highest BCUT2D eigenvalue weighted by Crippen LogP contribution is 2.18. The molecule has 0 aliphatic carbocycles. The Hall–Kier alpha value is -3.20. The first-order chi connectivity index (χ1) is 12.5. The number of hydrogen-bond acceptors (Lipinski definition) is 6. The van der Waals surface area contributed by atoms with E-state index in [1.807, 2.05) is 13.1 Å². The van der Waals surface area contributed by atoms with Crippen LogP contribution in [-0.4, -0.2) is 31.0 Å². The quantitative estimate of drug-likeness (QED) is 0.524. The maximum absolute atomic E-state index is 12.4. The van der Waals surface area contributed by atoms with E-state index in [1.54, 1.807) is 10.9 Å². The molecule has 1 N–H and O–H groups in total. The number of nitro benzene ring substituents is 1. The Bertz CT molecular complexity index is 996. The summed E-state index contributed by atoms with van der Waals surface area (Å²) < 4.78 is 2.87. The third-order valence-electron chi connectivity index (χ3n) is 3.64. The van der Waals surface area contributed by atoms with Gasteiger partial charge in [0.25, 0.3) is 11.2 Å². The molecule has 0 amide bonds. The molecule has 0 saturated heterocycles. The Morgan fingerprint density at radius 2 is 1.96 bits per heavy atom. The van der Waals surface area contributed by atoms with Crippen molar-refractivity contribution >= 4 is 23.0 Å². The maximum atomic E-state index is 12.4. The van der Waals surface area contributed by atoms with Crippen LogP contribution in [0, 0.1) is 17.0 Å². The Morgan fingerprint density at radius 1 is 1.23 bits per heavy atom. The summed E-state index contributed by atoms with van der Waals surface area (Å²) in [5.74, 6) is 0. The van der Waals surface area contributed by atoms with Crippen molar-refractivity contribution in [1.82, 2.24) is 19.6 Å². The second kappa shape index (κ2) is 7.36. The van der Waals surface area contributed by atoms with Gasteiger partial charge in [-0.25, -0.2) is 0 Å². The van der Waals surface area contributed by atoms with E-state index < -0.39 is 10.5 Å². The van der Waals surface area contributed by atoms with Gasteiger partial charge >= 0.3 is 0 Å². The van der Waals surface area contributed by atoms with E-state index in [1.165, 1.54) is 30.5 Å². The fraction of sp³-hybridized carbons (Fsp3) is 0.188. The summed E-state index contributed by atoms with van der Waals surface area (Å²) in [4.78, 5) is 22.6. The molecule has 3 rings (SSSR count). The number of hydrogen-bond donors (Lipinski definition) is 1. The topological polar surface area (TPSA) is 108 Å². The Morgan fingerprint density at radius 3 is 2.58 bits per heavy atom. The lowest BCUT2D eigenvalue weighted by Gasteiger charge is -2.10. The van der Waals surface area contributed by atoms with Crippen molar-refractivity contribution in [3.63, 3.8) is 0 Å². The number of non-ortho nitro benzene ring substituents is 1. The second-order valence-corrected chi connectivity index (χ2v) is 5.95. The summed E-state index contributed by atoms with van der Waals surface area (Å²) in [7, 11) is 0. The predicted molar refractivity (Wildman–Crippen MR) is 97.0 cm³/mol. The molecule has 0 unspecified atom stereocenters. The summed E-state index contributed by atoms with van der Waals surface area (Å²) in [5.41, 5.74) is 1.29. The van der Waals surface area contributed by atoms with Gasteiger partial charge in [-0.3, -0.25) is 19.6 Å². The van der Waals surface area contributed by atoms with Gasteiger partial charge < -0.3 is 5.32 Å². The highest BCUT2D eigenvalue weighted by Gasteiger charge is 2.12. The molecule has 0 aliphatic rings. The summed E-state index contributed by atoms with van der Waals surface area (Å²) >= 11 is 6.15. The van der Waals surface area contributed by atoms with Gasteiger partial charge in [0.15, 0.2) is 0 Å². The van der Waals surface area contributed by atoms with Crippen LogP contribution in [0.5, 0.6) is 0 Å². The molecule has 0 aliphatic heterocycles.